The summed E-state index contributed by atoms with van der Waals surface area (Å²) in [6.45, 7) is 2.58. The van der Waals surface area contributed by atoms with Crippen LogP contribution in [0.3, 0.4) is 0 Å². The molecule has 0 unspecified atom stereocenters. The van der Waals surface area contributed by atoms with E-state index in [2.05, 4.69) is 4.72 Å². The van der Waals surface area contributed by atoms with Crippen molar-refractivity contribution in [3.05, 3.63) is 42.1 Å². The van der Waals surface area contributed by atoms with Crippen molar-refractivity contribution in [2.45, 2.75) is 31.4 Å². The van der Waals surface area contributed by atoms with Crippen LogP contribution in [0.2, 0.25) is 0 Å². The van der Waals surface area contributed by atoms with Gasteiger partial charge in [0.15, 0.2) is 0 Å². The van der Waals surface area contributed by atoms with Crippen LogP contribution in [0.5, 0.6) is 0 Å². The molecule has 0 radical (unpaired) electrons. The summed E-state index contributed by atoms with van der Waals surface area (Å²) in [5.41, 5.74) is 0.582. The largest absolute Gasteiger partial charge is 0.469 e. The van der Waals surface area contributed by atoms with Crippen LogP contribution in [0.25, 0.3) is 0 Å². The molecule has 0 saturated heterocycles. The average molecular weight is 298 g/mol. The number of nitrogens with zero attached hydrogens (tertiary/aromatic N) is 1. The molecule has 0 amide bonds. The van der Waals surface area contributed by atoms with Crippen molar-refractivity contribution >= 4 is 10.0 Å². The lowest BCUT2D eigenvalue weighted by Crippen LogP contribution is -2.25. The van der Waals surface area contributed by atoms with E-state index in [9.17, 15) is 13.5 Å². The van der Waals surface area contributed by atoms with Crippen LogP contribution in [-0.2, 0) is 29.6 Å². The molecule has 0 aliphatic rings. The molecule has 0 bridgehead atoms. The Morgan fingerprint density at radius 3 is 2.80 bits per heavy atom. The van der Waals surface area contributed by atoms with Gasteiger partial charge in [0, 0.05) is 31.4 Å². The third kappa shape index (κ3) is 3.30. The zero-order chi connectivity index (χ0) is 14.6. The zero-order valence-corrected chi connectivity index (χ0v) is 12.1. The maximum Gasteiger partial charge on any atom is 0.242 e. The molecule has 2 aromatic rings. The first-order valence-corrected chi connectivity index (χ1v) is 7.87. The molecule has 2 N–H and O–H groups in total. The molecule has 0 aromatic carbocycles. The molecule has 0 spiro atoms. The van der Waals surface area contributed by atoms with Crippen LogP contribution in [0.15, 0.2) is 40.0 Å². The summed E-state index contributed by atoms with van der Waals surface area (Å²) in [6, 6.07) is 5.04. The third-order valence-electron chi connectivity index (χ3n) is 3.02. The normalized spacial score (nSPS) is 11.9. The Hall–Kier alpha value is -1.57. The zero-order valence-electron chi connectivity index (χ0n) is 11.2. The highest BCUT2D eigenvalue weighted by molar-refractivity contribution is 7.89. The Labute approximate surface area is 118 Å². The molecule has 0 aliphatic carbocycles. The predicted molar refractivity (Wildman–Crippen MR) is 73.6 cm³/mol. The minimum absolute atomic E-state index is 0.169. The molecule has 2 rings (SSSR count). The fourth-order valence-corrected chi connectivity index (χ4v) is 3.04. The minimum atomic E-state index is -3.56. The van der Waals surface area contributed by atoms with E-state index in [1.165, 1.54) is 12.3 Å². The van der Waals surface area contributed by atoms with Crippen molar-refractivity contribution in [1.82, 2.24) is 9.29 Å². The highest BCUT2D eigenvalue weighted by Gasteiger charge is 2.17. The van der Waals surface area contributed by atoms with Gasteiger partial charge >= 0.3 is 0 Å². The number of hydrogen-bond acceptors (Lipinski definition) is 4. The fourth-order valence-electron chi connectivity index (χ4n) is 1.95. The van der Waals surface area contributed by atoms with Gasteiger partial charge in [-0.3, -0.25) is 0 Å². The first-order chi connectivity index (χ1) is 9.56. The maximum atomic E-state index is 12.1. The molecule has 0 saturated carbocycles. The van der Waals surface area contributed by atoms with Crippen molar-refractivity contribution in [3.63, 3.8) is 0 Å². The van der Waals surface area contributed by atoms with E-state index in [1.807, 2.05) is 6.92 Å². The van der Waals surface area contributed by atoms with E-state index in [4.69, 9.17) is 4.42 Å². The first-order valence-electron chi connectivity index (χ1n) is 6.38. The Balaban J connectivity index is 2.04. The highest BCUT2D eigenvalue weighted by Crippen LogP contribution is 2.14. The summed E-state index contributed by atoms with van der Waals surface area (Å²) < 4.78 is 33.6. The number of nitrogens with one attached hydrogen (secondary N) is 1. The lowest BCUT2D eigenvalue weighted by atomic mass is 10.3. The van der Waals surface area contributed by atoms with Gasteiger partial charge in [0.1, 0.15) is 5.76 Å². The van der Waals surface area contributed by atoms with Gasteiger partial charge in [-0.2, -0.15) is 0 Å². The quantitative estimate of drug-likeness (QED) is 0.802. The van der Waals surface area contributed by atoms with Crippen molar-refractivity contribution in [1.29, 1.82) is 0 Å². The molecule has 2 aromatic heterocycles. The van der Waals surface area contributed by atoms with E-state index >= 15 is 0 Å². The van der Waals surface area contributed by atoms with Gasteiger partial charge in [0.2, 0.25) is 10.0 Å². The molecule has 20 heavy (non-hydrogen) atoms. The second-order valence-electron chi connectivity index (χ2n) is 4.34. The third-order valence-corrected chi connectivity index (χ3v) is 4.45. The van der Waals surface area contributed by atoms with Gasteiger partial charge in [-0.25, -0.2) is 13.1 Å². The molecule has 0 fully saturated rings. The van der Waals surface area contributed by atoms with E-state index in [0.717, 1.165) is 5.76 Å². The second kappa shape index (κ2) is 6.25. The number of aliphatic hydroxyl groups excluding tert-OH is 1. The van der Waals surface area contributed by atoms with Gasteiger partial charge in [0.25, 0.3) is 0 Å². The Morgan fingerprint density at radius 1 is 1.45 bits per heavy atom. The SMILES string of the molecule is CCn1cc(S(=O)(=O)NCCc2ccco2)cc1CO. The lowest BCUT2D eigenvalue weighted by molar-refractivity contribution is 0.271. The Bertz CT molecular complexity index is 622. The van der Waals surface area contributed by atoms with Crippen molar-refractivity contribution in [3.8, 4) is 0 Å². The standard InChI is InChI=1S/C13H18N2O4S/c1-2-15-9-13(8-11(15)10-16)20(17,18)14-6-5-12-4-3-7-19-12/h3-4,7-9,14,16H,2,5-6,10H2,1H3. The average Bonchev–Trinajstić information content (AvgIpc) is 3.07. The molecule has 110 valence electrons. The predicted octanol–water partition coefficient (Wildman–Crippen LogP) is 1.11. The van der Waals surface area contributed by atoms with E-state index < -0.39 is 10.0 Å². The number of rotatable bonds is 7. The number of sulfonamides is 1. The maximum absolute atomic E-state index is 12.1. The van der Waals surface area contributed by atoms with Crippen LogP contribution < -0.4 is 4.72 Å². The van der Waals surface area contributed by atoms with E-state index in [0.29, 0.717) is 18.7 Å². The van der Waals surface area contributed by atoms with Crippen molar-refractivity contribution in [2.75, 3.05) is 6.54 Å². The summed E-state index contributed by atoms with van der Waals surface area (Å²) >= 11 is 0. The number of aryl methyl sites for hydroxylation is 1. The van der Waals surface area contributed by atoms with E-state index in [1.54, 1.807) is 23.0 Å². The van der Waals surface area contributed by atoms with Crippen LogP contribution in [0.4, 0.5) is 0 Å². The lowest BCUT2D eigenvalue weighted by Gasteiger charge is -2.03. The Kier molecular flexibility index (Phi) is 4.64. The number of aliphatic hydroxyl groups is 1. The van der Waals surface area contributed by atoms with Gasteiger partial charge in [0.05, 0.1) is 17.8 Å². The number of hydrogen-bond donors (Lipinski definition) is 2. The smallest absolute Gasteiger partial charge is 0.242 e. The van der Waals surface area contributed by atoms with Gasteiger partial charge in [-0.05, 0) is 25.1 Å². The van der Waals surface area contributed by atoms with Gasteiger partial charge in [-0.15, -0.1) is 0 Å². The summed E-state index contributed by atoms with van der Waals surface area (Å²) in [5.74, 6) is 0.731. The molecule has 0 aliphatic heterocycles. The summed E-state index contributed by atoms with van der Waals surface area (Å²) in [7, 11) is -3.56. The molecule has 0 atom stereocenters. The van der Waals surface area contributed by atoms with Crippen LogP contribution in [0.1, 0.15) is 18.4 Å². The van der Waals surface area contributed by atoms with Crippen molar-refractivity contribution in [2.24, 2.45) is 0 Å². The van der Waals surface area contributed by atoms with Gasteiger partial charge in [-0.1, -0.05) is 0 Å². The van der Waals surface area contributed by atoms with Crippen LogP contribution in [-0.4, -0.2) is 24.6 Å². The summed E-state index contributed by atoms with van der Waals surface area (Å²) in [4.78, 5) is 0.169. The summed E-state index contributed by atoms with van der Waals surface area (Å²) in [5, 5.41) is 9.18. The molecular formula is C13H18N2O4S. The molecule has 2 heterocycles. The number of furan rings is 1. The topological polar surface area (TPSA) is 84.5 Å². The molecular weight excluding hydrogens is 280 g/mol. The minimum Gasteiger partial charge on any atom is -0.469 e. The summed E-state index contributed by atoms with van der Waals surface area (Å²) in [6.07, 6.45) is 3.58. The number of aromatic nitrogens is 1. The van der Waals surface area contributed by atoms with Crippen molar-refractivity contribution < 1.29 is 17.9 Å². The second-order valence-corrected chi connectivity index (χ2v) is 6.11. The first kappa shape index (κ1) is 14.8. The van der Waals surface area contributed by atoms with Crippen LogP contribution >= 0.6 is 0 Å². The fraction of sp³-hybridized carbons (Fsp3) is 0.385. The molecule has 6 nitrogen and oxygen atoms in total. The molecule has 7 heteroatoms. The Morgan fingerprint density at radius 2 is 2.25 bits per heavy atom. The van der Waals surface area contributed by atoms with E-state index in [-0.39, 0.29) is 18.0 Å². The monoisotopic (exact) mass is 298 g/mol. The highest BCUT2D eigenvalue weighted by atomic mass is 32.2. The van der Waals surface area contributed by atoms with Gasteiger partial charge < -0.3 is 14.1 Å². The van der Waals surface area contributed by atoms with Crippen LogP contribution in [0, 0.1) is 0 Å².